The summed E-state index contributed by atoms with van der Waals surface area (Å²) in [6.45, 7) is 8.04. The maximum absolute atomic E-state index is 12.7. The van der Waals surface area contributed by atoms with Crippen LogP contribution in [0.25, 0.3) is 16.4 Å². The van der Waals surface area contributed by atoms with Gasteiger partial charge in [-0.1, -0.05) is 42.5 Å². The molecule has 0 unspecified atom stereocenters. The Balaban J connectivity index is 1.48. The molecule has 0 aliphatic rings. The number of hydrogen-bond donors (Lipinski definition) is 1. The normalized spacial score (nSPS) is 12.4. The average Bonchev–Trinajstić information content (AvgIpc) is 3.07. The van der Waals surface area contributed by atoms with Crippen LogP contribution in [0.3, 0.4) is 0 Å². The summed E-state index contributed by atoms with van der Waals surface area (Å²) in [5.74, 6) is 0.0426. The number of nitrogens with one attached hydrogen (secondary N) is 1. The highest BCUT2D eigenvalue weighted by molar-refractivity contribution is 5.87. The van der Waals surface area contributed by atoms with Crippen molar-refractivity contribution < 1.29 is 4.79 Å². The number of aryl methyl sites for hydroxylation is 3. The van der Waals surface area contributed by atoms with E-state index in [1.165, 1.54) is 10.8 Å². The van der Waals surface area contributed by atoms with Gasteiger partial charge in [0.2, 0.25) is 5.91 Å². The van der Waals surface area contributed by atoms with E-state index in [1.807, 2.05) is 56.5 Å². The van der Waals surface area contributed by atoms with Gasteiger partial charge in [0.05, 0.1) is 11.7 Å². The summed E-state index contributed by atoms with van der Waals surface area (Å²) in [7, 11) is 0. The summed E-state index contributed by atoms with van der Waals surface area (Å²) in [6, 6.07) is 16.4. The smallest absolute Gasteiger partial charge is 0.220 e. The van der Waals surface area contributed by atoms with Gasteiger partial charge in [-0.3, -0.25) is 4.79 Å². The molecule has 1 atom stereocenters. The Labute approximate surface area is 170 Å². The van der Waals surface area contributed by atoms with E-state index in [0.29, 0.717) is 12.8 Å². The Kier molecular flexibility index (Phi) is 5.05. The zero-order valence-electron chi connectivity index (χ0n) is 17.4. The fourth-order valence-corrected chi connectivity index (χ4v) is 4.06. The highest BCUT2D eigenvalue weighted by Gasteiger charge is 2.15. The third-order valence-electron chi connectivity index (χ3n) is 5.56. The largest absolute Gasteiger partial charge is 0.350 e. The SMILES string of the molecule is Cc1cc2nc(C)c(CCC(=O)N[C@H](C)c3cccc4ccccc34)c(C)n2n1. The van der Waals surface area contributed by atoms with Crippen molar-refractivity contribution in [1.29, 1.82) is 0 Å². The number of amides is 1. The number of benzene rings is 2. The second kappa shape index (κ2) is 7.66. The van der Waals surface area contributed by atoms with Gasteiger partial charge in [0.15, 0.2) is 5.65 Å². The minimum Gasteiger partial charge on any atom is -0.350 e. The number of hydrogen-bond acceptors (Lipinski definition) is 3. The van der Waals surface area contributed by atoms with Crippen LogP contribution in [0, 0.1) is 20.8 Å². The molecule has 0 aliphatic carbocycles. The molecular formula is C24H26N4O. The molecule has 5 nitrogen and oxygen atoms in total. The van der Waals surface area contributed by atoms with Gasteiger partial charge in [-0.25, -0.2) is 9.50 Å². The van der Waals surface area contributed by atoms with Crippen LogP contribution in [0.1, 0.15) is 47.6 Å². The Bertz CT molecular complexity index is 1200. The van der Waals surface area contributed by atoms with Gasteiger partial charge < -0.3 is 5.32 Å². The van der Waals surface area contributed by atoms with Crippen LogP contribution in [0.5, 0.6) is 0 Å². The van der Waals surface area contributed by atoms with E-state index in [2.05, 4.69) is 39.7 Å². The molecule has 1 amide bonds. The van der Waals surface area contributed by atoms with E-state index in [0.717, 1.165) is 33.9 Å². The molecule has 0 saturated carbocycles. The third-order valence-corrected chi connectivity index (χ3v) is 5.56. The van der Waals surface area contributed by atoms with Crippen molar-refractivity contribution >= 4 is 22.3 Å². The first-order valence-electron chi connectivity index (χ1n) is 10.0. The summed E-state index contributed by atoms with van der Waals surface area (Å²) in [6.07, 6.45) is 1.07. The van der Waals surface area contributed by atoms with Crippen molar-refractivity contribution in [1.82, 2.24) is 19.9 Å². The minimum absolute atomic E-state index is 0.0426. The highest BCUT2D eigenvalue weighted by atomic mass is 16.1. The van der Waals surface area contributed by atoms with Crippen molar-refractivity contribution in [3.63, 3.8) is 0 Å². The first-order chi connectivity index (χ1) is 13.9. The Hall–Kier alpha value is -3.21. The molecule has 0 spiro atoms. The molecule has 2 aromatic carbocycles. The van der Waals surface area contributed by atoms with Crippen LogP contribution in [0.15, 0.2) is 48.5 Å². The molecule has 148 valence electrons. The number of carbonyl (C=O) groups is 1. The van der Waals surface area contributed by atoms with E-state index in [9.17, 15) is 4.79 Å². The van der Waals surface area contributed by atoms with Crippen LogP contribution >= 0.6 is 0 Å². The van der Waals surface area contributed by atoms with Crippen molar-refractivity contribution in [2.75, 3.05) is 0 Å². The molecule has 4 aromatic rings. The predicted octanol–water partition coefficient (Wildman–Crippen LogP) is 4.62. The quantitative estimate of drug-likeness (QED) is 0.544. The molecule has 2 heterocycles. The molecule has 0 bridgehead atoms. The second-order valence-corrected chi connectivity index (χ2v) is 7.67. The summed E-state index contributed by atoms with van der Waals surface area (Å²) >= 11 is 0. The van der Waals surface area contributed by atoms with Crippen LogP contribution in [0.2, 0.25) is 0 Å². The van der Waals surface area contributed by atoms with Gasteiger partial charge in [0, 0.05) is 23.9 Å². The second-order valence-electron chi connectivity index (χ2n) is 7.67. The van der Waals surface area contributed by atoms with Crippen molar-refractivity contribution in [3.05, 3.63) is 76.7 Å². The van der Waals surface area contributed by atoms with Crippen molar-refractivity contribution in [2.45, 2.75) is 46.6 Å². The summed E-state index contributed by atoms with van der Waals surface area (Å²) in [5, 5.41) is 10.0. The lowest BCUT2D eigenvalue weighted by molar-refractivity contribution is -0.121. The van der Waals surface area contributed by atoms with E-state index < -0.39 is 0 Å². The number of carbonyl (C=O) groups excluding carboxylic acids is 1. The van der Waals surface area contributed by atoms with E-state index in [-0.39, 0.29) is 11.9 Å². The van der Waals surface area contributed by atoms with Gasteiger partial charge >= 0.3 is 0 Å². The first-order valence-corrected chi connectivity index (χ1v) is 10.0. The zero-order chi connectivity index (χ0) is 20.5. The molecule has 0 aliphatic heterocycles. The lowest BCUT2D eigenvalue weighted by Crippen LogP contribution is -2.27. The number of nitrogens with zero attached hydrogens (tertiary/aromatic N) is 3. The van der Waals surface area contributed by atoms with Crippen LogP contribution < -0.4 is 5.32 Å². The summed E-state index contributed by atoms with van der Waals surface area (Å²) < 4.78 is 1.87. The maximum Gasteiger partial charge on any atom is 0.220 e. The number of rotatable bonds is 5. The van der Waals surface area contributed by atoms with Crippen molar-refractivity contribution in [2.24, 2.45) is 0 Å². The molecule has 5 heteroatoms. The zero-order valence-corrected chi connectivity index (χ0v) is 17.4. The average molecular weight is 386 g/mol. The van der Waals surface area contributed by atoms with Crippen molar-refractivity contribution in [3.8, 4) is 0 Å². The molecule has 1 N–H and O–H groups in total. The minimum atomic E-state index is -0.0508. The highest BCUT2D eigenvalue weighted by Crippen LogP contribution is 2.24. The lowest BCUT2D eigenvalue weighted by atomic mass is 9.99. The van der Waals surface area contributed by atoms with Crippen LogP contribution in [0.4, 0.5) is 0 Å². The Morgan fingerprint density at radius 1 is 1.10 bits per heavy atom. The van der Waals surface area contributed by atoms with E-state index in [4.69, 9.17) is 0 Å². The predicted molar refractivity (Wildman–Crippen MR) is 116 cm³/mol. The number of aromatic nitrogens is 3. The molecule has 29 heavy (non-hydrogen) atoms. The third kappa shape index (κ3) is 3.73. The fourth-order valence-electron chi connectivity index (χ4n) is 4.06. The lowest BCUT2D eigenvalue weighted by Gasteiger charge is -2.17. The molecular weight excluding hydrogens is 360 g/mol. The molecule has 0 radical (unpaired) electrons. The van der Waals surface area contributed by atoms with Gasteiger partial charge in [0.1, 0.15) is 0 Å². The number of fused-ring (bicyclic) bond motifs is 2. The van der Waals surface area contributed by atoms with Gasteiger partial charge in [-0.2, -0.15) is 5.10 Å². The summed E-state index contributed by atoms with van der Waals surface area (Å²) in [5.41, 5.74) is 6.04. The molecule has 0 fully saturated rings. The Morgan fingerprint density at radius 3 is 2.69 bits per heavy atom. The summed E-state index contributed by atoms with van der Waals surface area (Å²) in [4.78, 5) is 17.3. The van der Waals surface area contributed by atoms with Crippen LogP contribution in [-0.4, -0.2) is 20.5 Å². The maximum atomic E-state index is 12.7. The van der Waals surface area contributed by atoms with Gasteiger partial charge in [-0.05, 0) is 56.0 Å². The van der Waals surface area contributed by atoms with Gasteiger partial charge in [-0.15, -0.1) is 0 Å². The van der Waals surface area contributed by atoms with E-state index in [1.54, 1.807) is 0 Å². The Morgan fingerprint density at radius 2 is 1.86 bits per heavy atom. The van der Waals surface area contributed by atoms with Crippen LogP contribution in [-0.2, 0) is 11.2 Å². The first kappa shape index (κ1) is 19.1. The molecule has 0 saturated heterocycles. The molecule has 4 rings (SSSR count). The topological polar surface area (TPSA) is 59.3 Å². The molecule has 2 aromatic heterocycles. The van der Waals surface area contributed by atoms with E-state index >= 15 is 0 Å². The monoisotopic (exact) mass is 386 g/mol. The fraction of sp³-hybridized carbons (Fsp3) is 0.292. The van der Waals surface area contributed by atoms with Gasteiger partial charge in [0.25, 0.3) is 0 Å². The standard InChI is InChI=1S/C24H26N4O/c1-15-14-23-25-16(2)20(18(4)28(23)27-15)12-13-24(29)26-17(3)21-11-7-9-19-8-5-6-10-22(19)21/h5-11,14,17H,12-13H2,1-4H3,(H,26,29)/t17-/m1/s1.